The van der Waals surface area contributed by atoms with Crippen molar-refractivity contribution in [3.8, 4) is 0 Å². The van der Waals surface area contributed by atoms with Crippen LogP contribution >= 0.6 is 0 Å². The largest absolute Gasteiger partial charge is 0.392 e. The third kappa shape index (κ3) is 7.77. The van der Waals surface area contributed by atoms with Crippen LogP contribution in [0.2, 0.25) is 0 Å². The van der Waals surface area contributed by atoms with E-state index in [9.17, 15) is 0 Å². The standard InChI is InChI=1S/C6H13N.C5H11NO.CH4/c1-6-3-2-4-7-5-6;7-5-2-1-3-6-4-5;/h6-7H,2-5H2,1H3;5-7H,1-4H2;1H4/t6-;5-;/m01./s1. The Bertz CT molecular complexity index is 114. The highest BCUT2D eigenvalue weighted by molar-refractivity contribution is 4.65. The molecule has 0 saturated carbocycles. The SMILES string of the molecule is C.C[C@H]1CCCNC1.O[C@@H]1CCCNC1. The lowest BCUT2D eigenvalue weighted by Gasteiger charge is -2.17. The summed E-state index contributed by atoms with van der Waals surface area (Å²) in [4.78, 5) is 0. The van der Waals surface area contributed by atoms with E-state index in [4.69, 9.17) is 5.11 Å². The summed E-state index contributed by atoms with van der Waals surface area (Å²) in [5.41, 5.74) is 0. The first-order valence-electron chi connectivity index (χ1n) is 5.88. The first-order valence-corrected chi connectivity index (χ1v) is 5.88. The fourth-order valence-corrected chi connectivity index (χ4v) is 1.86. The van der Waals surface area contributed by atoms with Gasteiger partial charge in [-0.1, -0.05) is 14.4 Å². The van der Waals surface area contributed by atoms with Crippen molar-refractivity contribution in [2.75, 3.05) is 26.2 Å². The normalized spacial score (nSPS) is 30.8. The number of hydrogen-bond acceptors (Lipinski definition) is 3. The Labute approximate surface area is 94.6 Å². The third-order valence-corrected chi connectivity index (χ3v) is 2.81. The monoisotopic (exact) mass is 216 g/mol. The second-order valence-electron chi connectivity index (χ2n) is 4.45. The van der Waals surface area contributed by atoms with Crippen LogP contribution in [0.15, 0.2) is 0 Å². The summed E-state index contributed by atoms with van der Waals surface area (Å²) in [7, 11) is 0. The van der Waals surface area contributed by atoms with Crippen LogP contribution in [0.4, 0.5) is 0 Å². The molecular formula is C12H28N2O. The third-order valence-electron chi connectivity index (χ3n) is 2.81. The van der Waals surface area contributed by atoms with Crippen molar-refractivity contribution in [1.29, 1.82) is 0 Å². The van der Waals surface area contributed by atoms with Gasteiger partial charge >= 0.3 is 0 Å². The Morgan fingerprint density at radius 2 is 1.60 bits per heavy atom. The molecule has 0 unspecified atom stereocenters. The molecule has 0 aromatic heterocycles. The van der Waals surface area contributed by atoms with E-state index in [-0.39, 0.29) is 13.5 Å². The summed E-state index contributed by atoms with van der Waals surface area (Å²) in [6.07, 6.45) is 4.83. The molecular weight excluding hydrogens is 188 g/mol. The number of aliphatic hydroxyl groups excluding tert-OH is 1. The van der Waals surface area contributed by atoms with Crippen LogP contribution in [0.3, 0.4) is 0 Å². The molecule has 0 radical (unpaired) electrons. The van der Waals surface area contributed by atoms with Crippen molar-refractivity contribution in [2.24, 2.45) is 5.92 Å². The first kappa shape index (κ1) is 14.9. The molecule has 2 aliphatic heterocycles. The van der Waals surface area contributed by atoms with Gasteiger partial charge in [-0.25, -0.2) is 0 Å². The molecule has 92 valence electrons. The van der Waals surface area contributed by atoms with Gasteiger partial charge in [0.2, 0.25) is 0 Å². The fraction of sp³-hybridized carbons (Fsp3) is 1.00. The van der Waals surface area contributed by atoms with E-state index in [1.165, 1.54) is 25.9 Å². The van der Waals surface area contributed by atoms with Crippen LogP contribution in [0, 0.1) is 5.92 Å². The second-order valence-corrected chi connectivity index (χ2v) is 4.45. The minimum absolute atomic E-state index is 0. The summed E-state index contributed by atoms with van der Waals surface area (Å²) in [5.74, 6) is 0.925. The molecule has 3 nitrogen and oxygen atoms in total. The number of aliphatic hydroxyl groups is 1. The molecule has 0 amide bonds. The average molecular weight is 216 g/mol. The minimum atomic E-state index is -0.0752. The lowest BCUT2D eigenvalue weighted by atomic mass is 10.0. The van der Waals surface area contributed by atoms with Crippen molar-refractivity contribution < 1.29 is 5.11 Å². The summed E-state index contributed by atoms with van der Waals surface area (Å²) in [6, 6.07) is 0. The predicted octanol–water partition coefficient (Wildman–Crippen LogP) is 1.37. The molecule has 2 saturated heterocycles. The molecule has 2 aliphatic rings. The van der Waals surface area contributed by atoms with E-state index in [1.807, 2.05) is 0 Å². The summed E-state index contributed by atoms with van der Waals surface area (Å²) < 4.78 is 0. The maximum atomic E-state index is 8.85. The molecule has 2 atom stereocenters. The lowest BCUT2D eigenvalue weighted by Crippen LogP contribution is -2.33. The number of hydrogen-bond donors (Lipinski definition) is 3. The summed E-state index contributed by atoms with van der Waals surface area (Å²) in [6.45, 7) is 6.65. The minimum Gasteiger partial charge on any atom is -0.392 e. The Morgan fingerprint density at radius 1 is 1.00 bits per heavy atom. The van der Waals surface area contributed by atoms with Gasteiger partial charge in [0.05, 0.1) is 6.10 Å². The van der Waals surface area contributed by atoms with E-state index in [2.05, 4.69) is 17.6 Å². The average Bonchev–Trinajstić information content (AvgIpc) is 2.21. The van der Waals surface area contributed by atoms with Gasteiger partial charge in [-0.05, 0) is 51.2 Å². The zero-order valence-electron chi connectivity index (χ0n) is 9.26. The zero-order valence-corrected chi connectivity index (χ0v) is 9.26. The lowest BCUT2D eigenvalue weighted by molar-refractivity contribution is 0.142. The predicted molar refractivity (Wildman–Crippen MR) is 66.1 cm³/mol. The first-order chi connectivity index (χ1) is 6.79. The van der Waals surface area contributed by atoms with E-state index in [0.29, 0.717) is 0 Å². The summed E-state index contributed by atoms with van der Waals surface area (Å²) >= 11 is 0. The number of piperidine rings is 2. The Balaban J connectivity index is 0.000000245. The topological polar surface area (TPSA) is 44.3 Å². The smallest absolute Gasteiger partial charge is 0.0665 e. The van der Waals surface area contributed by atoms with Crippen LogP contribution in [0.25, 0.3) is 0 Å². The van der Waals surface area contributed by atoms with Crippen molar-refractivity contribution in [1.82, 2.24) is 10.6 Å². The van der Waals surface area contributed by atoms with Gasteiger partial charge in [-0.15, -0.1) is 0 Å². The highest BCUT2D eigenvalue weighted by atomic mass is 16.3. The molecule has 0 bridgehead atoms. The molecule has 2 fully saturated rings. The van der Waals surface area contributed by atoms with Crippen LogP contribution in [0.1, 0.15) is 40.0 Å². The zero-order chi connectivity index (χ0) is 10.2. The molecule has 0 aromatic rings. The quantitative estimate of drug-likeness (QED) is 0.573. The molecule has 0 spiro atoms. The van der Waals surface area contributed by atoms with Gasteiger partial charge in [-0.3, -0.25) is 0 Å². The van der Waals surface area contributed by atoms with Crippen LogP contribution in [-0.2, 0) is 0 Å². The number of nitrogens with one attached hydrogen (secondary N) is 2. The maximum absolute atomic E-state index is 8.85. The maximum Gasteiger partial charge on any atom is 0.0665 e. The van der Waals surface area contributed by atoms with E-state index in [0.717, 1.165) is 31.8 Å². The Morgan fingerprint density at radius 3 is 1.80 bits per heavy atom. The van der Waals surface area contributed by atoms with E-state index < -0.39 is 0 Å². The van der Waals surface area contributed by atoms with Crippen molar-refractivity contribution in [2.45, 2.75) is 46.1 Å². The van der Waals surface area contributed by atoms with Crippen molar-refractivity contribution in [3.05, 3.63) is 0 Å². The molecule has 3 N–H and O–H groups in total. The highest BCUT2D eigenvalue weighted by Crippen LogP contribution is 2.06. The van der Waals surface area contributed by atoms with Crippen LogP contribution in [0.5, 0.6) is 0 Å². The van der Waals surface area contributed by atoms with E-state index >= 15 is 0 Å². The van der Waals surface area contributed by atoms with Gasteiger partial charge in [-0.2, -0.15) is 0 Å². The molecule has 15 heavy (non-hydrogen) atoms. The molecule has 0 aliphatic carbocycles. The van der Waals surface area contributed by atoms with Crippen molar-refractivity contribution in [3.63, 3.8) is 0 Å². The fourth-order valence-electron chi connectivity index (χ4n) is 1.86. The number of β-amino-alcohol motifs (C(OH)–C–C–N with tert-alkyl or cyclic N) is 1. The van der Waals surface area contributed by atoms with Gasteiger partial charge in [0.25, 0.3) is 0 Å². The Kier molecular flexibility index (Phi) is 9.06. The molecule has 0 aromatic carbocycles. The number of rotatable bonds is 0. The highest BCUT2D eigenvalue weighted by Gasteiger charge is 2.06. The van der Waals surface area contributed by atoms with Gasteiger partial charge < -0.3 is 15.7 Å². The molecule has 2 rings (SSSR count). The van der Waals surface area contributed by atoms with Crippen LogP contribution in [-0.4, -0.2) is 37.4 Å². The molecule has 3 heteroatoms. The van der Waals surface area contributed by atoms with Crippen molar-refractivity contribution >= 4 is 0 Å². The van der Waals surface area contributed by atoms with Gasteiger partial charge in [0.15, 0.2) is 0 Å². The van der Waals surface area contributed by atoms with E-state index in [1.54, 1.807) is 0 Å². The van der Waals surface area contributed by atoms with Gasteiger partial charge in [0, 0.05) is 6.54 Å². The van der Waals surface area contributed by atoms with Crippen LogP contribution < -0.4 is 10.6 Å². The summed E-state index contributed by atoms with van der Waals surface area (Å²) in [5, 5.41) is 15.3. The molecule has 2 heterocycles. The second kappa shape index (κ2) is 9.13. The Hall–Kier alpha value is -0.120. The van der Waals surface area contributed by atoms with Gasteiger partial charge in [0.1, 0.15) is 0 Å².